The molecule has 10 heteroatoms. The standard InChI is InChI=1S/C28H36N8O2/c1-18-14-35(15-19(2)34(18)6)22-7-8-25-24(12-22)31-27(36(25)17-28(3,4)38)32-26(37)20-9-10-29-23(11-20)21-13-30-33(5)16-21/h7-13,16,18-19,38H,14-15,17H2,1-6H3,(H,31,32,37)/t18-,19+. The van der Waals surface area contributed by atoms with Crippen LogP contribution in [0.2, 0.25) is 0 Å². The summed E-state index contributed by atoms with van der Waals surface area (Å²) < 4.78 is 3.56. The molecule has 0 spiro atoms. The van der Waals surface area contributed by atoms with E-state index in [9.17, 15) is 9.90 Å². The molecule has 1 fully saturated rings. The molecule has 1 aliphatic rings. The fourth-order valence-electron chi connectivity index (χ4n) is 5.04. The molecule has 5 rings (SSSR count). The molecule has 38 heavy (non-hydrogen) atoms. The molecule has 1 aliphatic heterocycles. The van der Waals surface area contributed by atoms with Crippen molar-refractivity contribution in [3.63, 3.8) is 0 Å². The highest BCUT2D eigenvalue weighted by Crippen LogP contribution is 2.25. The number of benzene rings is 1. The van der Waals surface area contributed by atoms with E-state index in [4.69, 9.17) is 0 Å². The minimum atomic E-state index is -1.00. The van der Waals surface area contributed by atoms with E-state index in [1.165, 1.54) is 0 Å². The van der Waals surface area contributed by atoms with Gasteiger partial charge in [0.1, 0.15) is 0 Å². The molecule has 1 aromatic carbocycles. The van der Waals surface area contributed by atoms with Gasteiger partial charge in [-0.1, -0.05) is 0 Å². The van der Waals surface area contributed by atoms with Gasteiger partial charge >= 0.3 is 0 Å². The van der Waals surface area contributed by atoms with Crippen molar-refractivity contribution < 1.29 is 9.90 Å². The van der Waals surface area contributed by atoms with Crippen LogP contribution in [0.3, 0.4) is 0 Å². The second-order valence-electron chi connectivity index (χ2n) is 11.1. The lowest BCUT2D eigenvalue weighted by atomic mass is 10.1. The number of nitrogens with one attached hydrogen (secondary N) is 1. The highest BCUT2D eigenvalue weighted by molar-refractivity contribution is 5.95. The van der Waals surface area contributed by atoms with Crippen LogP contribution in [0.25, 0.3) is 22.3 Å². The topological polar surface area (TPSA) is 108 Å². The van der Waals surface area contributed by atoms with Crippen LogP contribution in [-0.2, 0) is 13.6 Å². The number of hydrogen-bond donors (Lipinski definition) is 2. The SMILES string of the molecule is C[C@@H]1CN(c2ccc3c(c2)[nH]/c(=N\C(=O)c2ccnc(-c4cnn(C)c4)c2)n3CC(C)(C)O)C[C@H](C)N1C. The maximum absolute atomic E-state index is 13.3. The molecule has 4 heterocycles. The Labute approximate surface area is 222 Å². The lowest BCUT2D eigenvalue weighted by Gasteiger charge is -2.43. The molecular weight excluding hydrogens is 480 g/mol. The third-order valence-electron chi connectivity index (χ3n) is 7.26. The fourth-order valence-corrected chi connectivity index (χ4v) is 5.04. The van der Waals surface area contributed by atoms with Crippen molar-refractivity contribution in [3.8, 4) is 11.3 Å². The summed E-state index contributed by atoms with van der Waals surface area (Å²) in [6.45, 7) is 10.1. The number of likely N-dealkylation sites (N-methyl/N-ethyl adjacent to an activating group) is 1. The highest BCUT2D eigenvalue weighted by Gasteiger charge is 2.27. The minimum absolute atomic E-state index is 0.276. The lowest BCUT2D eigenvalue weighted by Crippen LogP contribution is -2.55. The number of amides is 1. The summed E-state index contributed by atoms with van der Waals surface area (Å²) in [5.74, 6) is -0.393. The Balaban J connectivity index is 1.54. The third-order valence-corrected chi connectivity index (χ3v) is 7.26. The molecule has 0 bridgehead atoms. The maximum atomic E-state index is 13.3. The van der Waals surface area contributed by atoms with Crippen molar-refractivity contribution in [2.75, 3.05) is 25.0 Å². The second-order valence-corrected chi connectivity index (χ2v) is 11.1. The molecule has 1 amide bonds. The van der Waals surface area contributed by atoms with Gasteiger partial charge in [0.05, 0.1) is 35.1 Å². The number of aromatic nitrogens is 5. The van der Waals surface area contributed by atoms with Crippen molar-refractivity contribution in [3.05, 3.63) is 60.1 Å². The van der Waals surface area contributed by atoms with E-state index in [1.807, 2.05) is 23.9 Å². The number of rotatable bonds is 5. The molecule has 2 N–H and O–H groups in total. The minimum Gasteiger partial charge on any atom is -0.389 e. The van der Waals surface area contributed by atoms with Gasteiger partial charge in [-0.25, -0.2) is 0 Å². The van der Waals surface area contributed by atoms with Crippen molar-refractivity contribution in [1.82, 2.24) is 29.2 Å². The maximum Gasteiger partial charge on any atom is 0.280 e. The fraction of sp³-hybridized carbons (Fsp3) is 0.429. The Hall–Kier alpha value is -3.76. The number of aryl methyl sites for hydroxylation is 1. The average Bonchev–Trinajstić information content (AvgIpc) is 3.44. The zero-order chi connectivity index (χ0) is 27.2. The summed E-state index contributed by atoms with van der Waals surface area (Å²) in [7, 11) is 4.01. The van der Waals surface area contributed by atoms with Crippen LogP contribution in [-0.4, -0.2) is 78.1 Å². The number of aromatic amines is 1. The van der Waals surface area contributed by atoms with Crippen LogP contribution in [0.5, 0.6) is 0 Å². The van der Waals surface area contributed by atoms with E-state index >= 15 is 0 Å². The number of pyridine rings is 1. The van der Waals surface area contributed by atoms with Gasteiger partial charge in [0.25, 0.3) is 5.91 Å². The molecule has 0 unspecified atom stereocenters. The van der Waals surface area contributed by atoms with E-state index in [1.54, 1.807) is 43.1 Å². The largest absolute Gasteiger partial charge is 0.389 e. The van der Waals surface area contributed by atoms with Gasteiger partial charge in [0.2, 0.25) is 5.62 Å². The first kappa shape index (κ1) is 25.9. The number of imidazole rings is 1. The first-order valence-corrected chi connectivity index (χ1v) is 12.9. The van der Waals surface area contributed by atoms with Gasteiger partial charge in [-0.2, -0.15) is 10.1 Å². The molecule has 0 radical (unpaired) electrons. The predicted molar refractivity (Wildman–Crippen MR) is 148 cm³/mol. The molecule has 0 aliphatic carbocycles. The van der Waals surface area contributed by atoms with Crippen LogP contribution in [0.1, 0.15) is 38.1 Å². The van der Waals surface area contributed by atoms with Crippen LogP contribution >= 0.6 is 0 Å². The molecule has 200 valence electrons. The quantitative estimate of drug-likeness (QED) is 0.422. The van der Waals surface area contributed by atoms with Crippen LogP contribution in [0, 0.1) is 0 Å². The Morgan fingerprint density at radius 3 is 2.55 bits per heavy atom. The Morgan fingerprint density at radius 2 is 1.89 bits per heavy atom. The van der Waals surface area contributed by atoms with E-state index < -0.39 is 11.5 Å². The summed E-state index contributed by atoms with van der Waals surface area (Å²) in [6, 6.07) is 10.5. The number of nitrogens with zero attached hydrogens (tertiary/aromatic N) is 7. The number of carbonyl (C=O) groups excluding carboxylic acids is 1. The smallest absolute Gasteiger partial charge is 0.280 e. The average molecular weight is 517 g/mol. The Bertz CT molecular complexity index is 1530. The number of piperazine rings is 1. The number of fused-ring (bicyclic) bond motifs is 1. The van der Waals surface area contributed by atoms with Gasteiger partial charge in [0, 0.05) is 61.4 Å². The van der Waals surface area contributed by atoms with Gasteiger partial charge in [-0.3, -0.25) is 19.4 Å². The number of hydrogen-bond acceptors (Lipinski definition) is 6. The molecule has 3 aromatic heterocycles. The Kier molecular flexibility index (Phi) is 6.70. The molecule has 1 saturated heterocycles. The number of anilines is 1. The van der Waals surface area contributed by atoms with E-state index in [-0.39, 0.29) is 6.54 Å². The number of aliphatic hydroxyl groups is 1. The summed E-state index contributed by atoms with van der Waals surface area (Å²) in [6.07, 6.45) is 5.16. The monoisotopic (exact) mass is 516 g/mol. The van der Waals surface area contributed by atoms with Crippen molar-refractivity contribution in [2.45, 2.75) is 51.9 Å². The van der Waals surface area contributed by atoms with Crippen molar-refractivity contribution in [1.29, 1.82) is 0 Å². The first-order chi connectivity index (χ1) is 18.0. The third kappa shape index (κ3) is 5.27. The molecule has 10 nitrogen and oxygen atoms in total. The zero-order valence-corrected chi connectivity index (χ0v) is 22.9. The van der Waals surface area contributed by atoms with E-state index in [2.05, 4.69) is 62.9 Å². The van der Waals surface area contributed by atoms with Gasteiger partial charge < -0.3 is 19.6 Å². The summed E-state index contributed by atoms with van der Waals surface area (Å²) >= 11 is 0. The molecule has 0 saturated carbocycles. The highest BCUT2D eigenvalue weighted by atomic mass is 16.3. The predicted octanol–water partition coefficient (Wildman–Crippen LogP) is 2.81. The van der Waals surface area contributed by atoms with E-state index in [0.29, 0.717) is 29.0 Å². The molecule has 4 aromatic rings. The Morgan fingerprint density at radius 1 is 1.16 bits per heavy atom. The van der Waals surface area contributed by atoms with Crippen LogP contribution in [0.15, 0.2) is 53.9 Å². The van der Waals surface area contributed by atoms with E-state index in [0.717, 1.165) is 35.4 Å². The molecular formula is C28H36N8O2. The molecule has 2 atom stereocenters. The summed E-state index contributed by atoms with van der Waals surface area (Å²) in [5.41, 5.74) is 4.15. The number of H-pyrrole nitrogens is 1. The van der Waals surface area contributed by atoms with Gasteiger partial charge in [-0.05, 0) is 65.1 Å². The first-order valence-electron chi connectivity index (χ1n) is 12.9. The summed E-state index contributed by atoms with van der Waals surface area (Å²) in [5, 5.41) is 14.8. The van der Waals surface area contributed by atoms with Gasteiger partial charge in [-0.15, -0.1) is 0 Å². The number of carbonyl (C=O) groups is 1. The van der Waals surface area contributed by atoms with Crippen LogP contribution < -0.4 is 10.5 Å². The van der Waals surface area contributed by atoms with Crippen molar-refractivity contribution in [2.24, 2.45) is 12.0 Å². The van der Waals surface area contributed by atoms with Gasteiger partial charge in [0.15, 0.2) is 0 Å². The second kappa shape index (κ2) is 9.85. The van der Waals surface area contributed by atoms with Crippen LogP contribution in [0.4, 0.5) is 5.69 Å². The van der Waals surface area contributed by atoms with Crippen molar-refractivity contribution >= 4 is 22.6 Å². The lowest BCUT2D eigenvalue weighted by molar-refractivity contribution is 0.0612. The normalized spacial score (nSPS) is 19.4. The zero-order valence-electron chi connectivity index (χ0n) is 22.9. The summed E-state index contributed by atoms with van der Waals surface area (Å²) in [4.78, 5) is 30.3.